The average Bonchev–Trinajstić information content (AvgIpc) is 2.73. The molecule has 0 saturated heterocycles. The van der Waals surface area contributed by atoms with E-state index in [0.717, 1.165) is 17.2 Å². The summed E-state index contributed by atoms with van der Waals surface area (Å²) in [7, 11) is 1.05. The zero-order valence-electron chi connectivity index (χ0n) is 19.6. The van der Waals surface area contributed by atoms with Crippen molar-refractivity contribution in [1.82, 2.24) is 5.32 Å². The number of hydrogen-bond acceptors (Lipinski definition) is 6. The van der Waals surface area contributed by atoms with Crippen LogP contribution in [0, 0.1) is 18.4 Å². The fraction of sp³-hybridized carbons (Fsp3) is 0.304. The number of carbonyl (C=O) groups is 2. The van der Waals surface area contributed by atoms with E-state index in [0.29, 0.717) is 16.9 Å². The predicted molar refractivity (Wildman–Crippen MR) is 135 cm³/mol. The van der Waals surface area contributed by atoms with E-state index in [1.54, 1.807) is 51.1 Å². The van der Waals surface area contributed by atoms with Crippen LogP contribution in [0.4, 0.5) is 16.2 Å². The van der Waals surface area contributed by atoms with Crippen molar-refractivity contribution in [3.63, 3.8) is 0 Å². The standard InChI is InChI=1S/C21H22BBrN4O4.C2H6/c1-13-11-14(23)5-10-17(13)18(28)25-15-6-8-16(9-7-15)26-19(22-30-12-24)27-20(29)31-21(2,3)4;1-2/h5-11,26H,1-4H3,(H,25,28)(H,27,29);1-2H3. The first-order valence-electron chi connectivity index (χ1n) is 10.3. The van der Waals surface area contributed by atoms with E-state index in [-0.39, 0.29) is 11.6 Å². The van der Waals surface area contributed by atoms with Crippen molar-refractivity contribution in [1.29, 1.82) is 5.26 Å². The summed E-state index contributed by atoms with van der Waals surface area (Å²) < 4.78 is 10.7. The molecule has 0 saturated carbocycles. The summed E-state index contributed by atoms with van der Waals surface area (Å²) in [5, 5.41) is 16.8. The second kappa shape index (κ2) is 13.3. The molecule has 0 aliphatic carbocycles. The van der Waals surface area contributed by atoms with Gasteiger partial charge in [-0.25, -0.2) is 0 Å². The minimum atomic E-state index is -0.707. The van der Waals surface area contributed by atoms with Crippen LogP contribution in [0.25, 0.3) is 0 Å². The van der Waals surface area contributed by atoms with Crippen molar-refractivity contribution >= 4 is 52.1 Å². The zero-order valence-corrected chi connectivity index (χ0v) is 21.2. The summed E-state index contributed by atoms with van der Waals surface area (Å²) in [6, 6.07) is 12.2. The third kappa shape index (κ3) is 10.2. The van der Waals surface area contributed by atoms with E-state index in [1.807, 2.05) is 32.9 Å². The van der Waals surface area contributed by atoms with Gasteiger partial charge in [-0.2, -0.15) is 0 Å². The molecule has 0 aliphatic rings. The number of hydrogen-bond donors (Lipinski definition) is 3. The van der Waals surface area contributed by atoms with Gasteiger partial charge >= 0.3 is 174 Å². The zero-order chi connectivity index (χ0) is 25.0. The molecule has 0 aromatic heterocycles. The molecule has 0 bridgehead atoms. The molecule has 3 N–H and O–H groups in total. The summed E-state index contributed by atoms with van der Waals surface area (Å²) in [5.41, 5.74) is 2.03. The van der Waals surface area contributed by atoms with Gasteiger partial charge in [-0.05, 0) is 0 Å². The number of halogens is 1. The van der Waals surface area contributed by atoms with Gasteiger partial charge in [0.2, 0.25) is 0 Å². The Hall–Kier alpha value is -3.32. The van der Waals surface area contributed by atoms with Crippen LogP contribution in [0.1, 0.15) is 50.5 Å². The van der Waals surface area contributed by atoms with Gasteiger partial charge in [-0.1, -0.05) is 29.8 Å². The third-order valence-electron chi connectivity index (χ3n) is 3.72. The van der Waals surface area contributed by atoms with Crippen LogP contribution in [0.5, 0.6) is 0 Å². The number of benzene rings is 2. The molecule has 0 unspecified atom stereocenters. The van der Waals surface area contributed by atoms with Crippen molar-refractivity contribution in [2.24, 2.45) is 0 Å². The van der Waals surface area contributed by atoms with Crippen molar-refractivity contribution in [3.8, 4) is 6.26 Å². The molecule has 0 atom stereocenters. The molecule has 0 heterocycles. The number of anilines is 2. The molecular formula is C23H28BBrN4O4. The topological polar surface area (TPSA) is 112 Å². The molecule has 0 aliphatic heterocycles. The molecule has 10 heteroatoms. The van der Waals surface area contributed by atoms with Crippen molar-refractivity contribution in [2.45, 2.75) is 47.1 Å². The van der Waals surface area contributed by atoms with E-state index < -0.39 is 11.7 Å². The SMILES string of the molecule is CC.Cc1cc(Br)ccc1C(=O)Nc1ccc(NC(=BOC#N)NC(=O)OC(C)(C)C)cc1. The van der Waals surface area contributed by atoms with Gasteiger partial charge in [0.15, 0.2) is 0 Å². The van der Waals surface area contributed by atoms with E-state index in [9.17, 15) is 9.59 Å². The second-order valence-electron chi connectivity index (χ2n) is 7.48. The Morgan fingerprint density at radius 2 is 1.61 bits per heavy atom. The second-order valence-corrected chi connectivity index (χ2v) is 8.40. The van der Waals surface area contributed by atoms with Crippen LogP contribution in [0.15, 0.2) is 46.9 Å². The monoisotopic (exact) mass is 514 g/mol. The molecule has 2 rings (SSSR count). The van der Waals surface area contributed by atoms with Gasteiger partial charge < -0.3 is 0 Å². The number of alkyl carbamates (subject to hydrolysis) is 1. The number of nitrogens with zero attached hydrogens (tertiary/aromatic N) is 1. The van der Waals surface area contributed by atoms with E-state index in [1.165, 1.54) is 6.26 Å². The van der Waals surface area contributed by atoms with Crippen molar-refractivity contribution < 1.29 is 19.0 Å². The molecule has 33 heavy (non-hydrogen) atoms. The first-order chi connectivity index (χ1) is 15.6. The quantitative estimate of drug-likeness (QED) is 0.361. The molecule has 174 valence electrons. The van der Waals surface area contributed by atoms with Crippen LogP contribution in [-0.4, -0.2) is 30.4 Å². The third-order valence-corrected chi connectivity index (χ3v) is 4.21. The van der Waals surface area contributed by atoms with E-state index >= 15 is 0 Å². The summed E-state index contributed by atoms with van der Waals surface area (Å²) in [5.74, 6) is -0.222. The van der Waals surface area contributed by atoms with Gasteiger partial charge in [0, 0.05) is 0 Å². The first kappa shape index (κ1) is 27.7. The Morgan fingerprint density at radius 3 is 2.12 bits per heavy atom. The van der Waals surface area contributed by atoms with Crippen LogP contribution < -0.4 is 16.0 Å². The van der Waals surface area contributed by atoms with E-state index in [2.05, 4.69) is 36.5 Å². The van der Waals surface area contributed by atoms with Gasteiger partial charge in [0.25, 0.3) is 0 Å². The Morgan fingerprint density at radius 1 is 1.03 bits per heavy atom. The minimum absolute atomic E-state index is 0.109. The van der Waals surface area contributed by atoms with Crippen molar-refractivity contribution in [2.75, 3.05) is 10.6 Å². The fourth-order valence-electron chi connectivity index (χ4n) is 2.46. The van der Waals surface area contributed by atoms with E-state index in [4.69, 9.17) is 10.00 Å². The first-order valence-corrected chi connectivity index (χ1v) is 11.1. The average molecular weight is 515 g/mol. The maximum absolute atomic E-state index is 12.5. The number of nitriles is 1. The maximum atomic E-state index is 12.5. The van der Waals surface area contributed by atoms with Crippen LogP contribution >= 0.6 is 15.9 Å². The Kier molecular flexibility index (Phi) is 11.2. The molecule has 2 aromatic rings. The van der Waals surface area contributed by atoms with Crippen LogP contribution in [0.3, 0.4) is 0 Å². The number of nitrogens with one attached hydrogen (secondary N) is 3. The van der Waals surface area contributed by atoms with Gasteiger partial charge in [-0.15, -0.1) is 0 Å². The summed E-state index contributed by atoms with van der Waals surface area (Å²) in [6.45, 7) is 11.1. The number of carbonyl (C=O) groups excluding carboxylic acids is 2. The number of aryl methyl sites for hydroxylation is 1. The van der Waals surface area contributed by atoms with Crippen LogP contribution in [-0.2, 0) is 9.39 Å². The molecule has 0 spiro atoms. The fourth-order valence-corrected chi connectivity index (χ4v) is 2.94. The number of ether oxygens (including phenoxy) is 1. The molecule has 2 amide bonds. The molecule has 8 nitrogen and oxygen atoms in total. The Labute approximate surface area is 203 Å². The summed E-state index contributed by atoms with van der Waals surface area (Å²) >= 11 is 3.38. The predicted octanol–water partition coefficient (Wildman–Crippen LogP) is 5.18. The number of rotatable bonds is 6. The van der Waals surface area contributed by atoms with Crippen molar-refractivity contribution in [3.05, 3.63) is 58.1 Å². The molecule has 0 radical (unpaired) electrons. The van der Waals surface area contributed by atoms with Crippen LogP contribution in [0.2, 0.25) is 0 Å². The molecular weight excluding hydrogens is 487 g/mol. The normalized spacial score (nSPS) is 10.4. The Balaban J connectivity index is 0.00000265. The molecule has 0 fully saturated rings. The van der Waals surface area contributed by atoms with Gasteiger partial charge in [0.05, 0.1) is 0 Å². The summed E-state index contributed by atoms with van der Waals surface area (Å²) in [4.78, 5) is 24.5. The van der Waals surface area contributed by atoms with Gasteiger partial charge in [-0.3, -0.25) is 0 Å². The van der Waals surface area contributed by atoms with Gasteiger partial charge in [0.1, 0.15) is 0 Å². The Bertz CT molecular complexity index is 1030. The summed E-state index contributed by atoms with van der Waals surface area (Å²) in [6.07, 6.45) is 0.794. The molecule has 2 aromatic carbocycles. The number of amides is 2.